The third-order valence-electron chi connectivity index (χ3n) is 3.34. The largest absolute Gasteiger partial charge is 0.393 e. The van der Waals surface area contributed by atoms with Crippen LogP contribution in [0, 0.1) is 18.8 Å². The van der Waals surface area contributed by atoms with Crippen LogP contribution in [0.4, 0.5) is 0 Å². The van der Waals surface area contributed by atoms with Gasteiger partial charge in [-0.15, -0.1) is 11.3 Å². The molecule has 1 N–H and O–H groups in total. The summed E-state index contributed by atoms with van der Waals surface area (Å²) in [6.07, 6.45) is 4.14. The molecular weight excluding hydrogens is 206 g/mol. The van der Waals surface area contributed by atoms with E-state index in [0.29, 0.717) is 5.92 Å². The van der Waals surface area contributed by atoms with Crippen molar-refractivity contribution in [1.29, 1.82) is 0 Å². The molecule has 84 valence electrons. The number of hydrogen-bond donors (Lipinski definition) is 1. The van der Waals surface area contributed by atoms with Crippen LogP contribution >= 0.6 is 11.3 Å². The summed E-state index contributed by atoms with van der Waals surface area (Å²) in [7, 11) is 0. The molecule has 15 heavy (non-hydrogen) atoms. The summed E-state index contributed by atoms with van der Waals surface area (Å²) in [5.74, 6) is 1.19. The van der Waals surface area contributed by atoms with E-state index < -0.39 is 0 Å². The lowest BCUT2D eigenvalue weighted by molar-refractivity contribution is 0.0515. The minimum Gasteiger partial charge on any atom is -0.393 e. The number of aromatic nitrogens is 1. The van der Waals surface area contributed by atoms with Crippen LogP contribution < -0.4 is 0 Å². The molecule has 3 atom stereocenters. The summed E-state index contributed by atoms with van der Waals surface area (Å²) >= 11 is 1.70. The fraction of sp³-hybridized carbons (Fsp3) is 0.750. The summed E-state index contributed by atoms with van der Waals surface area (Å²) in [4.78, 5) is 4.47. The van der Waals surface area contributed by atoms with Crippen LogP contribution in [-0.4, -0.2) is 16.2 Å². The van der Waals surface area contributed by atoms with Gasteiger partial charge in [0.25, 0.3) is 0 Å². The van der Waals surface area contributed by atoms with Crippen LogP contribution in [0.25, 0.3) is 0 Å². The van der Waals surface area contributed by atoms with E-state index >= 15 is 0 Å². The first-order chi connectivity index (χ1) is 7.15. The average Bonchev–Trinajstić information content (AvgIpc) is 2.58. The van der Waals surface area contributed by atoms with E-state index in [4.69, 9.17) is 0 Å². The Morgan fingerprint density at radius 2 is 2.33 bits per heavy atom. The van der Waals surface area contributed by atoms with Gasteiger partial charge >= 0.3 is 0 Å². The predicted molar refractivity (Wildman–Crippen MR) is 63.1 cm³/mol. The Morgan fingerprint density at radius 1 is 1.53 bits per heavy atom. The molecule has 1 aliphatic carbocycles. The van der Waals surface area contributed by atoms with Crippen molar-refractivity contribution in [1.82, 2.24) is 4.98 Å². The molecule has 1 aromatic heterocycles. The van der Waals surface area contributed by atoms with Crippen molar-refractivity contribution in [2.45, 2.75) is 45.6 Å². The fourth-order valence-corrected chi connectivity index (χ4v) is 3.10. The fourth-order valence-electron chi connectivity index (χ4n) is 2.47. The maximum absolute atomic E-state index is 9.93. The number of nitrogens with zero attached hydrogens (tertiary/aromatic N) is 1. The first-order valence-corrected chi connectivity index (χ1v) is 6.62. The second-order valence-corrected chi connectivity index (χ2v) is 5.87. The van der Waals surface area contributed by atoms with Crippen molar-refractivity contribution in [3.63, 3.8) is 0 Å². The Labute approximate surface area is 95.4 Å². The molecule has 1 saturated carbocycles. The second-order valence-electron chi connectivity index (χ2n) is 4.81. The molecule has 2 rings (SSSR count). The summed E-state index contributed by atoms with van der Waals surface area (Å²) in [6.45, 7) is 4.32. The minimum absolute atomic E-state index is 0.108. The number of thiazole rings is 1. The van der Waals surface area contributed by atoms with Gasteiger partial charge in [0.15, 0.2) is 0 Å². The van der Waals surface area contributed by atoms with Crippen molar-refractivity contribution in [2.24, 2.45) is 11.8 Å². The maximum atomic E-state index is 9.93. The lowest BCUT2D eigenvalue weighted by Crippen LogP contribution is -2.29. The second kappa shape index (κ2) is 4.62. The first kappa shape index (κ1) is 11.1. The molecule has 0 amide bonds. The Morgan fingerprint density at radius 3 is 3.00 bits per heavy atom. The summed E-state index contributed by atoms with van der Waals surface area (Å²) < 4.78 is 0. The quantitative estimate of drug-likeness (QED) is 0.839. The Balaban J connectivity index is 1.98. The van der Waals surface area contributed by atoms with Gasteiger partial charge in [0.05, 0.1) is 16.8 Å². The number of aliphatic hydroxyl groups is 1. The van der Waals surface area contributed by atoms with Gasteiger partial charge in [-0.3, -0.25) is 0 Å². The molecule has 0 bridgehead atoms. The molecule has 0 saturated heterocycles. The molecule has 0 aliphatic heterocycles. The molecule has 0 aromatic carbocycles. The van der Waals surface area contributed by atoms with Gasteiger partial charge in [0.1, 0.15) is 0 Å². The lowest BCUT2D eigenvalue weighted by atomic mass is 9.78. The van der Waals surface area contributed by atoms with E-state index in [1.165, 1.54) is 6.42 Å². The maximum Gasteiger partial charge on any atom is 0.0897 e. The Hall–Kier alpha value is -0.410. The molecule has 1 fully saturated rings. The summed E-state index contributed by atoms with van der Waals surface area (Å²) in [5, 5.41) is 13.2. The van der Waals surface area contributed by atoms with Crippen molar-refractivity contribution < 1.29 is 5.11 Å². The van der Waals surface area contributed by atoms with Crippen molar-refractivity contribution in [2.75, 3.05) is 0 Å². The molecule has 3 heteroatoms. The van der Waals surface area contributed by atoms with E-state index in [1.54, 1.807) is 11.3 Å². The van der Waals surface area contributed by atoms with Crippen molar-refractivity contribution in [3.8, 4) is 0 Å². The third-order valence-corrected chi connectivity index (χ3v) is 4.16. The van der Waals surface area contributed by atoms with E-state index in [-0.39, 0.29) is 6.10 Å². The topological polar surface area (TPSA) is 33.1 Å². The molecule has 0 spiro atoms. The molecule has 0 radical (unpaired) electrons. The molecule has 3 unspecified atom stereocenters. The molecule has 2 nitrogen and oxygen atoms in total. The van der Waals surface area contributed by atoms with Gasteiger partial charge in [-0.2, -0.15) is 0 Å². The van der Waals surface area contributed by atoms with Crippen LogP contribution in [0.15, 0.2) is 5.38 Å². The molecule has 1 heterocycles. The SMILES string of the molecule is Cc1nc(CC2CC(C)CCC2O)cs1. The van der Waals surface area contributed by atoms with Crippen LogP contribution in [0.5, 0.6) is 0 Å². The highest BCUT2D eigenvalue weighted by molar-refractivity contribution is 7.09. The van der Waals surface area contributed by atoms with E-state index in [2.05, 4.69) is 17.3 Å². The molecular formula is C12H19NOS. The van der Waals surface area contributed by atoms with Crippen LogP contribution in [0.3, 0.4) is 0 Å². The molecule has 1 aliphatic rings. The van der Waals surface area contributed by atoms with Gasteiger partial charge in [-0.25, -0.2) is 4.98 Å². The smallest absolute Gasteiger partial charge is 0.0897 e. The van der Waals surface area contributed by atoms with Gasteiger partial charge in [-0.1, -0.05) is 6.92 Å². The van der Waals surface area contributed by atoms with Crippen molar-refractivity contribution in [3.05, 3.63) is 16.1 Å². The Bertz CT molecular complexity index is 323. The van der Waals surface area contributed by atoms with Crippen LogP contribution in [0.2, 0.25) is 0 Å². The Kier molecular flexibility index (Phi) is 3.42. The van der Waals surface area contributed by atoms with Gasteiger partial charge in [0.2, 0.25) is 0 Å². The highest BCUT2D eigenvalue weighted by Crippen LogP contribution is 2.31. The number of hydrogen-bond acceptors (Lipinski definition) is 3. The molecule has 1 aromatic rings. The average molecular weight is 225 g/mol. The number of rotatable bonds is 2. The lowest BCUT2D eigenvalue weighted by Gasteiger charge is -2.31. The predicted octanol–water partition coefficient (Wildman–Crippen LogP) is 2.79. The summed E-state index contributed by atoms with van der Waals surface area (Å²) in [5.41, 5.74) is 1.16. The zero-order chi connectivity index (χ0) is 10.8. The number of aryl methyl sites for hydroxylation is 1. The van der Waals surface area contributed by atoms with Crippen LogP contribution in [0.1, 0.15) is 36.9 Å². The zero-order valence-electron chi connectivity index (χ0n) is 9.44. The first-order valence-electron chi connectivity index (χ1n) is 5.74. The zero-order valence-corrected chi connectivity index (χ0v) is 10.3. The normalized spacial score (nSPS) is 31.8. The van der Waals surface area contributed by atoms with E-state index in [0.717, 1.165) is 35.9 Å². The number of aliphatic hydroxyl groups excluding tert-OH is 1. The monoisotopic (exact) mass is 225 g/mol. The van der Waals surface area contributed by atoms with E-state index in [1.807, 2.05) is 6.92 Å². The van der Waals surface area contributed by atoms with Crippen molar-refractivity contribution >= 4 is 11.3 Å². The summed E-state index contributed by atoms with van der Waals surface area (Å²) in [6, 6.07) is 0. The van der Waals surface area contributed by atoms with Crippen LogP contribution in [-0.2, 0) is 6.42 Å². The highest BCUT2D eigenvalue weighted by Gasteiger charge is 2.27. The highest BCUT2D eigenvalue weighted by atomic mass is 32.1. The van der Waals surface area contributed by atoms with E-state index in [9.17, 15) is 5.11 Å². The van der Waals surface area contributed by atoms with Gasteiger partial charge < -0.3 is 5.11 Å². The van der Waals surface area contributed by atoms with Gasteiger partial charge in [-0.05, 0) is 44.4 Å². The van der Waals surface area contributed by atoms with Gasteiger partial charge in [0, 0.05) is 5.38 Å². The third kappa shape index (κ3) is 2.79. The standard InChI is InChI=1S/C12H19NOS/c1-8-3-4-12(14)10(5-8)6-11-7-15-9(2)13-11/h7-8,10,12,14H,3-6H2,1-2H3. The minimum atomic E-state index is -0.108.